The summed E-state index contributed by atoms with van der Waals surface area (Å²) in [6.07, 6.45) is 12.1. The van der Waals surface area contributed by atoms with Gasteiger partial charge in [0, 0.05) is 19.9 Å². The number of terminal acetylenes is 1. The molecule has 0 aromatic carbocycles. The van der Waals surface area contributed by atoms with E-state index in [0.717, 1.165) is 17.0 Å². The fourth-order valence-electron chi connectivity index (χ4n) is 1.19. The second kappa shape index (κ2) is 13.1. The minimum absolute atomic E-state index is 0.148. The number of hydrogen-bond donors (Lipinski definition) is 1. The molecule has 98 valence electrons. The maximum atomic E-state index is 8.83. The first-order valence-corrected chi connectivity index (χ1v) is 5.60. The van der Waals surface area contributed by atoms with Gasteiger partial charge in [-0.2, -0.15) is 0 Å². The van der Waals surface area contributed by atoms with Crippen LogP contribution in [-0.2, 0) is 6.42 Å². The van der Waals surface area contributed by atoms with E-state index in [-0.39, 0.29) is 6.61 Å². The van der Waals surface area contributed by atoms with Gasteiger partial charge in [-0.25, -0.2) is 0 Å². The van der Waals surface area contributed by atoms with Crippen molar-refractivity contribution < 1.29 is 5.11 Å². The zero-order chi connectivity index (χ0) is 14.4. The van der Waals surface area contributed by atoms with Gasteiger partial charge < -0.3 is 5.11 Å². The molecule has 0 amide bonds. The third-order valence-electron chi connectivity index (χ3n) is 1.95. The van der Waals surface area contributed by atoms with E-state index in [9.17, 15) is 0 Å². The SMILES string of the molecule is C#C.C=CC.CN=C(C)c1ncccc1CCO. The molecule has 3 heteroatoms. The molecule has 0 aliphatic carbocycles. The van der Waals surface area contributed by atoms with Crippen LogP contribution in [0.15, 0.2) is 36.0 Å². The zero-order valence-corrected chi connectivity index (χ0v) is 11.4. The first kappa shape index (κ1) is 18.4. The fourth-order valence-corrected chi connectivity index (χ4v) is 1.19. The average molecular weight is 246 g/mol. The smallest absolute Gasteiger partial charge is 0.0869 e. The summed E-state index contributed by atoms with van der Waals surface area (Å²) in [6, 6.07) is 3.84. The lowest BCUT2D eigenvalue weighted by Crippen LogP contribution is -2.05. The van der Waals surface area contributed by atoms with Crippen LogP contribution in [0.3, 0.4) is 0 Å². The Morgan fingerprint density at radius 2 is 2.11 bits per heavy atom. The van der Waals surface area contributed by atoms with Crippen molar-refractivity contribution >= 4 is 5.71 Å². The highest BCUT2D eigenvalue weighted by Crippen LogP contribution is 2.07. The number of hydrogen-bond acceptors (Lipinski definition) is 3. The number of aliphatic hydroxyl groups excluding tert-OH is 1. The molecule has 0 atom stereocenters. The van der Waals surface area contributed by atoms with Crippen LogP contribution in [0.25, 0.3) is 0 Å². The Kier molecular flexibility index (Phi) is 13.5. The number of allylic oxidation sites excluding steroid dienone is 1. The van der Waals surface area contributed by atoms with Crippen LogP contribution in [0.5, 0.6) is 0 Å². The molecular formula is C15H22N2O. The lowest BCUT2D eigenvalue weighted by molar-refractivity contribution is 0.299. The lowest BCUT2D eigenvalue weighted by Gasteiger charge is -2.05. The van der Waals surface area contributed by atoms with Crippen molar-refractivity contribution in [2.45, 2.75) is 20.3 Å². The predicted molar refractivity (Wildman–Crippen MR) is 78.9 cm³/mol. The van der Waals surface area contributed by atoms with Crippen LogP contribution < -0.4 is 0 Å². The molecule has 0 saturated heterocycles. The Morgan fingerprint density at radius 1 is 1.56 bits per heavy atom. The molecule has 1 rings (SSSR count). The molecule has 1 heterocycles. The Morgan fingerprint density at radius 3 is 2.56 bits per heavy atom. The molecule has 0 spiro atoms. The van der Waals surface area contributed by atoms with Gasteiger partial charge in [0.25, 0.3) is 0 Å². The van der Waals surface area contributed by atoms with E-state index in [2.05, 4.69) is 29.4 Å². The van der Waals surface area contributed by atoms with Gasteiger partial charge >= 0.3 is 0 Å². The molecule has 1 aromatic rings. The molecule has 18 heavy (non-hydrogen) atoms. The third kappa shape index (κ3) is 7.37. The first-order valence-electron chi connectivity index (χ1n) is 5.60. The summed E-state index contributed by atoms with van der Waals surface area (Å²) in [4.78, 5) is 8.30. The van der Waals surface area contributed by atoms with Crippen LogP contribution in [0, 0.1) is 12.8 Å². The highest BCUT2D eigenvalue weighted by atomic mass is 16.2. The standard InChI is InChI=1S/C10H14N2O.C3H6.C2H2/c1-8(11-2)10-9(5-7-13)4-3-6-12-10;1-3-2;1-2/h3-4,6,13H,5,7H2,1-2H3;3H,1H2,2H3;1-2H. The molecule has 0 bridgehead atoms. The third-order valence-corrected chi connectivity index (χ3v) is 1.95. The maximum Gasteiger partial charge on any atom is 0.0869 e. The zero-order valence-electron chi connectivity index (χ0n) is 11.4. The van der Waals surface area contributed by atoms with Crippen molar-refractivity contribution in [2.24, 2.45) is 4.99 Å². The summed E-state index contributed by atoms with van der Waals surface area (Å²) < 4.78 is 0. The maximum absolute atomic E-state index is 8.83. The number of pyridine rings is 1. The molecule has 3 nitrogen and oxygen atoms in total. The molecule has 1 N–H and O–H groups in total. The van der Waals surface area contributed by atoms with Crippen LogP contribution in [0.4, 0.5) is 0 Å². The van der Waals surface area contributed by atoms with Crippen molar-refractivity contribution in [3.05, 3.63) is 42.2 Å². The normalized spacial score (nSPS) is 9.33. The van der Waals surface area contributed by atoms with Crippen molar-refractivity contribution in [1.29, 1.82) is 0 Å². The van der Waals surface area contributed by atoms with E-state index in [4.69, 9.17) is 5.11 Å². The van der Waals surface area contributed by atoms with E-state index in [1.54, 1.807) is 19.3 Å². The van der Waals surface area contributed by atoms with Gasteiger partial charge in [0.1, 0.15) is 0 Å². The molecule has 0 unspecified atom stereocenters. The van der Waals surface area contributed by atoms with Gasteiger partial charge in [0.05, 0.1) is 11.4 Å². The molecule has 0 radical (unpaired) electrons. The van der Waals surface area contributed by atoms with Gasteiger partial charge in [-0.3, -0.25) is 9.98 Å². The van der Waals surface area contributed by atoms with Crippen LogP contribution in [-0.4, -0.2) is 29.5 Å². The van der Waals surface area contributed by atoms with Crippen LogP contribution >= 0.6 is 0 Å². The monoisotopic (exact) mass is 246 g/mol. The Labute approximate surface area is 110 Å². The van der Waals surface area contributed by atoms with Gasteiger partial charge in [0.2, 0.25) is 0 Å². The van der Waals surface area contributed by atoms with Crippen molar-refractivity contribution in [3.63, 3.8) is 0 Å². The summed E-state index contributed by atoms with van der Waals surface area (Å²) >= 11 is 0. The summed E-state index contributed by atoms with van der Waals surface area (Å²) in [5, 5.41) is 8.83. The second-order valence-corrected chi connectivity index (χ2v) is 3.20. The number of aliphatic hydroxyl groups is 1. The van der Waals surface area contributed by atoms with Crippen LogP contribution in [0.2, 0.25) is 0 Å². The fraction of sp³-hybridized carbons (Fsp3) is 0.333. The summed E-state index contributed by atoms with van der Waals surface area (Å²) in [6.45, 7) is 7.32. The van der Waals surface area contributed by atoms with Gasteiger partial charge in [0.15, 0.2) is 0 Å². The van der Waals surface area contributed by atoms with Crippen molar-refractivity contribution in [1.82, 2.24) is 4.98 Å². The molecule has 0 aliphatic rings. The molecule has 1 aromatic heterocycles. The average Bonchev–Trinajstić information content (AvgIpc) is 2.42. The number of aromatic nitrogens is 1. The summed E-state index contributed by atoms with van der Waals surface area (Å²) in [5.41, 5.74) is 2.84. The minimum Gasteiger partial charge on any atom is -0.396 e. The quantitative estimate of drug-likeness (QED) is 0.506. The molecule has 0 fully saturated rings. The topological polar surface area (TPSA) is 45.5 Å². The van der Waals surface area contributed by atoms with Gasteiger partial charge in [-0.15, -0.1) is 19.4 Å². The molecule has 0 saturated carbocycles. The minimum atomic E-state index is 0.148. The van der Waals surface area contributed by atoms with Gasteiger partial charge in [-0.05, 0) is 31.9 Å². The number of aliphatic imine (C=N–C) groups is 1. The van der Waals surface area contributed by atoms with Crippen LogP contribution in [0.1, 0.15) is 25.1 Å². The first-order chi connectivity index (χ1) is 8.71. The van der Waals surface area contributed by atoms with Gasteiger partial charge in [-0.1, -0.05) is 12.1 Å². The summed E-state index contributed by atoms with van der Waals surface area (Å²) in [7, 11) is 1.74. The number of nitrogens with zero attached hydrogens (tertiary/aromatic N) is 2. The second-order valence-electron chi connectivity index (χ2n) is 3.20. The van der Waals surface area contributed by atoms with E-state index in [1.165, 1.54) is 0 Å². The molecular weight excluding hydrogens is 224 g/mol. The van der Waals surface area contributed by atoms with E-state index >= 15 is 0 Å². The van der Waals surface area contributed by atoms with E-state index < -0.39 is 0 Å². The lowest BCUT2D eigenvalue weighted by atomic mass is 10.1. The highest BCUT2D eigenvalue weighted by molar-refractivity contribution is 5.98. The summed E-state index contributed by atoms with van der Waals surface area (Å²) in [5.74, 6) is 0. The highest BCUT2D eigenvalue weighted by Gasteiger charge is 2.04. The molecule has 0 aliphatic heterocycles. The van der Waals surface area contributed by atoms with E-state index in [0.29, 0.717) is 6.42 Å². The Balaban J connectivity index is 0. The Hall–Kier alpha value is -1.92. The largest absolute Gasteiger partial charge is 0.396 e. The van der Waals surface area contributed by atoms with Crippen molar-refractivity contribution in [3.8, 4) is 12.8 Å². The number of rotatable bonds is 3. The predicted octanol–water partition coefficient (Wildman–Crippen LogP) is 2.50. The Bertz CT molecular complexity index is 381. The van der Waals surface area contributed by atoms with Crippen molar-refractivity contribution in [2.75, 3.05) is 13.7 Å². The van der Waals surface area contributed by atoms with E-state index in [1.807, 2.05) is 26.0 Å².